The Kier molecular flexibility index (Phi) is 124. The molecule has 0 saturated heterocycles. The van der Waals surface area contributed by atoms with Crippen molar-refractivity contribution in [3.05, 3.63) is 0 Å². The van der Waals surface area contributed by atoms with E-state index >= 15 is 0 Å². The molecule has 2 radical (unpaired) electrons. The van der Waals surface area contributed by atoms with Gasteiger partial charge in [-0.05, 0) is 0 Å². The minimum Gasteiger partial charge on any atom is -0.412 e. The van der Waals surface area contributed by atoms with Gasteiger partial charge >= 0.3 is 0 Å². The third kappa shape index (κ3) is 8.84. The van der Waals surface area contributed by atoms with Gasteiger partial charge in [0.2, 0.25) is 0 Å². The van der Waals surface area contributed by atoms with E-state index in [1.807, 2.05) is 0 Å². The molecule has 0 aromatic carbocycles. The molecule has 0 amide bonds. The molecule has 18 valence electrons. The van der Waals surface area contributed by atoms with Crippen molar-refractivity contribution in [1.82, 2.24) is 0 Å². The van der Waals surface area contributed by atoms with Crippen LogP contribution in [0.5, 0.6) is 0 Å². The van der Waals surface area contributed by atoms with Crippen LogP contribution >= 0.6 is 0 Å². The van der Waals surface area contributed by atoms with Gasteiger partial charge in [0.25, 0.3) is 0 Å². The van der Waals surface area contributed by atoms with Crippen molar-refractivity contribution >= 4 is 37.7 Å². The number of rotatable bonds is 0. The van der Waals surface area contributed by atoms with Crippen molar-refractivity contribution in [2.75, 3.05) is 0 Å². The van der Waals surface area contributed by atoms with Crippen LogP contribution in [0.2, 0.25) is 0 Å². The summed E-state index contributed by atoms with van der Waals surface area (Å²) in [5.74, 6) is 0. The van der Waals surface area contributed by atoms with Crippen molar-refractivity contribution in [2.45, 2.75) is 0 Å². The Bertz CT molecular complexity index is 8.00. The molecule has 0 aromatic heterocycles. The molecule has 2 N–H and O–H groups in total. The van der Waals surface area contributed by atoms with E-state index in [1.165, 1.54) is 0 Å². The first-order valence-corrected chi connectivity index (χ1v) is 0. The van der Waals surface area contributed by atoms with E-state index in [2.05, 4.69) is 0 Å². The number of hydrogen-bond donors (Lipinski definition) is 0. The van der Waals surface area contributed by atoms with E-state index in [0.717, 1.165) is 0 Å². The Hall–Kier alpha value is 2.82. The molecular formula is H2CaOTiZr. The van der Waals surface area contributed by atoms with E-state index in [9.17, 15) is 0 Å². The van der Waals surface area contributed by atoms with Gasteiger partial charge in [0.15, 0.2) is 0 Å². The molecule has 0 heterocycles. The van der Waals surface area contributed by atoms with Gasteiger partial charge in [0.05, 0.1) is 0 Å². The molecule has 0 saturated carbocycles. The van der Waals surface area contributed by atoms with E-state index in [4.69, 9.17) is 0 Å². The minimum absolute atomic E-state index is 0. The standard InChI is InChI=1S/Ca.H2O.Ti.Zr/h;1H2;;. The van der Waals surface area contributed by atoms with Crippen molar-refractivity contribution in [1.29, 1.82) is 0 Å². The summed E-state index contributed by atoms with van der Waals surface area (Å²) in [4.78, 5) is 0. The summed E-state index contributed by atoms with van der Waals surface area (Å²) in [6, 6.07) is 0. The Labute approximate surface area is 89.2 Å². The molecule has 1 nitrogen and oxygen atoms in total. The SMILES string of the molecule is O.[Ca].[Ti].[Zr]. The van der Waals surface area contributed by atoms with Crippen molar-refractivity contribution in [3.8, 4) is 0 Å². The zero-order valence-corrected chi connectivity index (χ0v) is 8.44. The van der Waals surface area contributed by atoms with Crippen LogP contribution in [-0.4, -0.2) is 43.2 Å². The predicted molar refractivity (Wildman–Crippen MR) is 9.37 cm³/mol. The zero-order chi connectivity index (χ0) is 0. The fourth-order valence-electron chi connectivity index (χ4n) is 0. The van der Waals surface area contributed by atoms with Crippen LogP contribution in [0.3, 0.4) is 0 Å². The monoisotopic (exact) mass is 196 g/mol. The topological polar surface area (TPSA) is 31.5 Å². The zero-order valence-electron chi connectivity index (χ0n) is 2.21. The molecule has 0 spiro atoms. The van der Waals surface area contributed by atoms with Gasteiger partial charge in [-0.2, -0.15) is 0 Å². The summed E-state index contributed by atoms with van der Waals surface area (Å²) < 4.78 is 0. The first-order chi connectivity index (χ1) is 0. The average molecular weight is 197 g/mol. The minimum atomic E-state index is 0. The molecular weight excluding hydrogens is 195 g/mol. The maximum Gasteiger partial charge on any atom is 0 e. The van der Waals surface area contributed by atoms with Gasteiger partial charge in [-0.1, -0.05) is 0 Å². The largest absolute Gasteiger partial charge is 0.412 e. The summed E-state index contributed by atoms with van der Waals surface area (Å²) in [7, 11) is 0. The third-order valence-electron chi connectivity index (χ3n) is 0. The fourth-order valence-corrected chi connectivity index (χ4v) is 0. The molecule has 4 heteroatoms. The quantitative estimate of drug-likeness (QED) is 0.436. The second kappa shape index (κ2) is 17.0. The second-order valence-corrected chi connectivity index (χ2v) is 0. The van der Waals surface area contributed by atoms with E-state index in [0.29, 0.717) is 0 Å². The summed E-state index contributed by atoms with van der Waals surface area (Å²) >= 11 is 0. The first-order valence-electron chi connectivity index (χ1n) is 0. The normalized spacial score (nSPS) is 0. The van der Waals surface area contributed by atoms with Gasteiger partial charge < -0.3 is 5.48 Å². The summed E-state index contributed by atoms with van der Waals surface area (Å²) in [6.07, 6.45) is 0. The molecule has 0 aliphatic rings. The second-order valence-electron chi connectivity index (χ2n) is 0. The molecule has 0 unspecified atom stereocenters. The predicted octanol–water partition coefficient (Wildman–Crippen LogP) is -1.21. The molecule has 0 bridgehead atoms. The van der Waals surface area contributed by atoms with Gasteiger partial charge in [-0.25, -0.2) is 0 Å². The first kappa shape index (κ1) is 29.1. The Morgan fingerprint density at radius 2 is 1.00 bits per heavy atom. The van der Waals surface area contributed by atoms with Gasteiger partial charge in [0, 0.05) is 85.7 Å². The molecule has 0 aromatic rings. The van der Waals surface area contributed by atoms with Crippen LogP contribution in [0, 0.1) is 0 Å². The van der Waals surface area contributed by atoms with Crippen LogP contribution in [0.4, 0.5) is 0 Å². The van der Waals surface area contributed by atoms with E-state index in [-0.39, 0.29) is 91.1 Å². The van der Waals surface area contributed by atoms with E-state index in [1.54, 1.807) is 0 Å². The molecule has 0 aliphatic heterocycles. The van der Waals surface area contributed by atoms with Gasteiger partial charge in [-0.15, -0.1) is 0 Å². The van der Waals surface area contributed by atoms with Crippen LogP contribution in [0.25, 0.3) is 0 Å². The van der Waals surface area contributed by atoms with E-state index < -0.39 is 0 Å². The Morgan fingerprint density at radius 3 is 1.00 bits per heavy atom. The van der Waals surface area contributed by atoms with Gasteiger partial charge in [-0.3, -0.25) is 0 Å². The van der Waals surface area contributed by atoms with Crippen LogP contribution in [-0.2, 0) is 47.9 Å². The summed E-state index contributed by atoms with van der Waals surface area (Å²) in [5.41, 5.74) is 0. The summed E-state index contributed by atoms with van der Waals surface area (Å²) in [6.45, 7) is 0. The van der Waals surface area contributed by atoms with Crippen molar-refractivity contribution in [3.63, 3.8) is 0 Å². The Morgan fingerprint density at radius 1 is 1.00 bits per heavy atom. The van der Waals surface area contributed by atoms with Crippen molar-refractivity contribution in [2.24, 2.45) is 0 Å². The number of hydrogen-bond acceptors (Lipinski definition) is 0. The maximum atomic E-state index is 0. The van der Waals surface area contributed by atoms with Crippen LogP contribution in [0.15, 0.2) is 0 Å². The van der Waals surface area contributed by atoms with Crippen molar-refractivity contribution < 1.29 is 53.4 Å². The molecule has 0 atom stereocenters. The third-order valence-corrected chi connectivity index (χ3v) is 0. The molecule has 4 heavy (non-hydrogen) atoms. The van der Waals surface area contributed by atoms with Crippen LogP contribution < -0.4 is 0 Å². The molecule has 0 aliphatic carbocycles. The van der Waals surface area contributed by atoms with Gasteiger partial charge in [0.1, 0.15) is 0 Å². The Balaban J connectivity index is 0. The average Bonchev–Trinajstić information content (AvgIpc) is 0. The molecule has 0 rings (SSSR count). The smallest absolute Gasteiger partial charge is 0 e. The van der Waals surface area contributed by atoms with Crippen LogP contribution in [0.1, 0.15) is 0 Å². The fraction of sp³-hybridized carbons (Fsp3) is 0. The molecule has 0 fully saturated rings. The summed E-state index contributed by atoms with van der Waals surface area (Å²) in [5, 5.41) is 0. The maximum absolute atomic E-state index is 0.